The first-order valence-corrected chi connectivity index (χ1v) is 12.2. The number of rotatable bonds is 7. The van der Waals surface area contributed by atoms with E-state index in [1.807, 2.05) is 73.5 Å². The average Bonchev–Trinajstić information content (AvgIpc) is 3.34. The molecule has 1 N–H and O–H groups in total. The zero-order valence-corrected chi connectivity index (χ0v) is 21.1. The zero-order chi connectivity index (χ0) is 24.9. The van der Waals surface area contributed by atoms with Crippen LogP contribution in [0.4, 0.5) is 10.5 Å². The zero-order valence-electron chi connectivity index (χ0n) is 20.3. The highest BCUT2D eigenvalue weighted by atomic mass is 35.5. The fraction of sp³-hybridized carbons (Fsp3) is 0.333. The minimum absolute atomic E-state index is 0.0134. The van der Waals surface area contributed by atoms with Crippen molar-refractivity contribution in [3.05, 3.63) is 82.6 Å². The second-order valence-corrected chi connectivity index (χ2v) is 9.12. The van der Waals surface area contributed by atoms with Gasteiger partial charge in [0.15, 0.2) is 0 Å². The number of amides is 3. The maximum atomic E-state index is 13.7. The maximum absolute atomic E-state index is 13.7. The second-order valence-electron chi connectivity index (χ2n) is 8.71. The van der Waals surface area contributed by atoms with Gasteiger partial charge in [0, 0.05) is 42.2 Å². The molecular weight excluding hydrogens is 464 g/mol. The number of hydrogen-bond acceptors (Lipinski definition) is 3. The largest absolute Gasteiger partial charge is 0.497 e. The van der Waals surface area contributed by atoms with Gasteiger partial charge in [-0.15, -0.1) is 0 Å². The predicted octanol–water partition coefficient (Wildman–Crippen LogP) is 5.33. The van der Waals surface area contributed by atoms with Crippen LogP contribution in [0.15, 0.2) is 60.8 Å². The first kappa shape index (κ1) is 24.7. The summed E-state index contributed by atoms with van der Waals surface area (Å²) in [6.45, 7) is 5.60. The van der Waals surface area contributed by atoms with Crippen LogP contribution in [-0.2, 0) is 11.3 Å². The number of urea groups is 1. The topological polar surface area (TPSA) is 66.8 Å². The second kappa shape index (κ2) is 10.9. The van der Waals surface area contributed by atoms with Crippen LogP contribution in [0, 0.1) is 6.92 Å². The van der Waals surface area contributed by atoms with Crippen molar-refractivity contribution in [2.24, 2.45) is 0 Å². The van der Waals surface area contributed by atoms with Gasteiger partial charge in [-0.3, -0.25) is 4.79 Å². The molecule has 4 rings (SSSR count). The van der Waals surface area contributed by atoms with Gasteiger partial charge in [0.2, 0.25) is 5.91 Å². The van der Waals surface area contributed by atoms with Crippen molar-refractivity contribution in [3.63, 3.8) is 0 Å². The van der Waals surface area contributed by atoms with E-state index in [4.69, 9.17) is 16.3 Å². The van der Waals surface area contributed by atoms with Crippen LogP contribution in [0.3, 0.4) is 0 Å². The van der Waals surface area contributed by atoms with E-state index in [-0.39, 0.29) is 24.5 Å². The van der Waals surface area contributed by atoms with E-state index >= 15 is 0 Å². The van der Waals surface area contributed by atoms with E-state index in [1.54, 1.807) is 18.1 Å². The molecule has 3 amide bonds. The minimum atomic E-state index is -0.321. The normalized spacial score (nSPS) is 14.9. The van der Waals surface area contributed by atoms with Gasteiger partial charge in [-0.25, -0.2) is 4.79 Å². The summed E-state index contributed by atoms with van der Waals surface area (Å²) in [5.74, 6) is 0.637. The molecule has 8 heteroatoms. The third-order valence-electron chi connectivity index (χ3n) is 6.30. The highest BCUT2D eigenvalue weighted by molar-refractivity contribution is 6.31. The van der Waals surface area contributed by atoms with Gasteiger partial charge in [0.05, 0.1) is 13.2 Å². The summed E-state index contributed by atoms with van der Waals surface area (Å²) in [6.07, 6.45) is 2.77. The number of hydrogen-bond donors (Lipinski definition) is 1. The summed E-state index contributed by atoms with van der Waals surface area (Å²) in [5.41, 5.74) is 3.55. The summed E-state index contributed by atoms with van der Waals surface area (Å²) in [4.78, 5) is 30.2. The van der Waals surface area contributed by atoms with Crippen LogP contribution in [-0.4, -0.2) is 53.0 Å². The lowest BCUT2D eigenvalue weighted by atomic mass is 9.99. The number of nitrogens with zero attached hydrogens (tertiary/aromatic N) is 3. The monoisotopic (exact) mass is 494 g/mol. The van der Waals surface area contributed by atoms with Crippen LogP contribution in [0.5, 0.6) is 5.75 Å². The molecule has 0 radical (unpaired) electrons. The fourth-order valence-corrected chi connectivity index (χ4v) is 4.64. The Morgan fingerprint density at radius 2 is 1.97 bits per heavy atom. The number of nitrogens with one attached hydrogen (secondary N) is 1. The Morgan fingerprint density at radius 3 is 2.71 bits per heavy atom. The third-order valence-corrected chi connectivity index (χ3v) is 6.71. The maximum Gasteiger partial charge on any atom is 0.322 e. The smallest absolute Gasteiger partial charge is 0.322 e. The van der Waals surface area contributed by atoms with E-state index in [1.165, 1.54) is 0 Å². The molecule has 1 unspecified atom stereocenters. The van der Waals surface area contributed by atoms with Gasteiger partial charge >= 0.3 is 6.03 Å². The lowest BCUT2D eigenvalue weighted by molar-refractivity contribution is -0.134. The fourth-order valence-electron chi connectivity index (χ4n) is 4.46. The van der Waals surface area contributed by atoms with Crippen molar-refractivity contribution in [1.82, 2.24) is 14.4 Å². The molecule has 2 heterocycles. The number of carbonyl (C=O) groups is 2. The molecule has 0 saturated carbocycles. The van der Waals surface area contributed by atoms with Crippen molar-refractivity contribution >= 4 is 29.2 Å². The van der Waals surface area contributed by atoms with Crippen LogP contribution in [0.1, 0.15) is 36.2 Å². The number of carbonyl (C=O) groups excluding carboxylic acids is 2. The molecule has 0 fully saturated rings. The molecule has 0 spiro atoms. The molecule has 1 aromatic heterocycles. The third kappa shape index (κ3) is 5.46. The van der Waals surface area contributed by atoms with Crippen LogP contribution < -0.4 is 10.1 Å². The first-order valence-electron chi connectivity index (χ1n) is 11.8. The summed E-state index contributed by atoms with van der Waals surface area (Å²) < 4.78 is 7.60. The Labute approximate surface area is 211 Å². The highest BCUT2D eigenvalue weighted by Gasteiger charge is 2.33. The van der Waals surface area contributed by atoms with Crippen LogP contribution in [0.2, 0.25) is 5.02 Å². The van der Waals surface area contributed by atoms with Gasteiger partial charge in [-0.2, -0.15) is 0 Å². The Bertz CT molecular complexity index is 1210. The van der Waals surface area contributed by atoms with E-state index in [0.717, 1.165) is 29.0 Å². The Morgan fingerprint density at radius 1 is 1.14 bits per heavy atom. The highest BCUT2D eigenvalue weighted by Crippen LogP contribution is 2.34. The van der Waals surface area contributed by atoms with Gasteiger partial charge in [0.25, 0.3) is 0 Å². The Balaban J connectivity index is 1.56. The SMILES string of the molecule is CCCN(CC(=O)N1CCn2cccc2C1c1cccc(OC)c1)C(=O)Nc1ccc(C)c(Cl)c1. The van der Waals surface area contributed by atoms with Crippen LogP contribution in [0.25, 0.3) is 0 Å². The lowest BCUT2D eigenvalue weighted by Crippen LogP contribution is -2.48. The molecular formula is C27H31ClN4O3. The molecule has 2 aromatic carbocycles. The molecule has 0 bridgehead atoms. The van der Waals surface area contributed by atoms with Gasteiger partial charge in [0.1, 0.15) is 12.3 Å². The van der Waals surface area contributed by atoms with E-state index in [9.17, 15) is 9.59 Å². The number of fused-ring (bicyclic) bond motifs is 1. The number of aromatic nitrogens is 1. The molecule has 0 saturated heterocycles. The molecule has 1 aliphatic rings. The van der Waals surface area contributed by atoms with Crippen molar-refractivity contribution < 1.29 is 14.3 Å². The molecule has 7 nitrogen and oxygen atoms in total. The summed E-state index contributed by atoms with van der Waals surface area (Å²) in [6, 6.07) is 16.6. The van der Waals surface area contributed by atoms with E-state index < -0.39 is 0 Å². The molecule has 0 aliphatic carbocycles. The van der Waals surface area contributed by atoms with Gasteiger partial charge in [-0.1, -0.05) is 36.7 Å². The molecule has 1 aliphatic heterocycles. The number of benzene rings is 2. The summed E-state index contributed by atoms with van der Waals surface area (Å²) in [7, 11) is 1.63. The predicted molar refractivity (Wildman–Crippen MR) is 138 cm³/mol. The van der Waals surface area contributed by atoms with E-state index in [2.05, 4.69) is 9.88 Å². The van der Waals surface area contributed by atoms with Crippen LogP contribution >= 0.6 is 11.6 Å². The summed E-state index contributed by atoms with van der Waals surface area (Å²) in [5, 5.41) is 3.47. The average molecular weight is 495 g/mol. The van der Waals surface area contributed by atoms with Crippen molar-refractivity contribution in [3.8, 4) is 5.75 Å². The Hall–Kier alpha value is -3.45. The first-order chi connectivity index (χ1) is 16.9. The molecule has 35 heavy (non-hydrogen) atoms. The number of ether oxygens (including phenoxy) is 1. The van der Waals surface area contributed by atoms with Crippen molar-refractivity contribution in [1.29, 1.82) is 0 Å². The van der Waals surface area contributed by atoms with Crippen molar-refractivity contribution in [2.45, 2.75) is 32.9 Å². The standard InChI is InChI=1S/C27H31ClN4O3/c1-4-12-31(27(34)29-21-11-10-19(2)23(28)17-21)18-25(33)32-15-14-30-13-6-9-24(30)26(32)20-7-5-8-22(16-20)35-3/h5-11,13,16-17,26H,4,12,14-15,18H2,1-3H3,(H,29,34). The van der Waals surface area contributed by atoms with Gasteiger partial charge in [-0.05, 0) is 60.9 Å². The Kier molecular flexibility index (Phi) is 7.66. The summed E-state index contributed by atoms with van der Waals surface area (Å²) >= 11 is 6.22. The lowest BCUT2D eigenvalue weighted by Gasteiger charge is -2.38. The van der Waals surface area contributed by atoms with Crippen molar-refractivity contribution in [2.75, 3.05) is 32.1 Å². The minimum Gasteiger partial charge on any atom is -0.497 e. The van der Waals surface area contributed by atoms with Gasteiger partial charge < -0.3 is 24.4 Å². The van der Waals surface area contributed by atoms with E-state index in [0.29, 0.717) is 30.3 Å². The molecule has 184 valence electrons. The quantitative estimate of drug-likeness (QED) is 0.482. The molecule has 3 aromatic rings. The number of halogens is 1. The number of anilines is 1. The number of aryl methyl sites for hydroxylation is 1. The molecule has 1 atom stereocenters. The number of methoxy groups -OCH3 is 1.